The minimum atomic E-state index is 0.155. The Morgan fingerprint density at radius 2 is 2.00 bits per heavy atom. The molecule has 0 spiro atoms. The Labute approximate surface area is 108 Å². The summed E-state index contributed by atoms with van der Waals surface area (Å²) in [5.41, 5.74) is 0.155. The summed E-state index contributed by atoms with van der Waals surface area (Å²) in [6, 6.07) is 0. The van der Waals surface area contributed by atoms with Gasteiger partial charge in [-0.15, -0.1) is 5.10 Å². The van der Waals surface area contributed by atoms with Crippen molar-refractivity contribution in [3.8, 4) is 0 Å². The number of H-pyrrole nitrogens is 1. The number of aromatic nitrogens is 3. The highest BCUT2D eigenvalue weighted by Gasteiger charge is 2.19. The number of hydrogen-bond donors (Lipinski definition) is 2. The Kier molecular flexibility index (Phi) is 5.01. The maximum absolute atomic E-state index is 4.35. The van der Waals surface area contributed by atoms with E-state index >= 15 is 0 Å². The molecule has 0 bridgehead atoms. The van der Waals surface area contributed by atoms with Crippen molar-refractivity contribution in [2.24, 2.45) is 5.92 Å². The van der Waals surface area contributed by atoms with E-state index < -0.39 is 0 Å². The molecule has 0 saturated carbocycles. The minimum absolute atomic E-state index is 0.155. The van der Waals surface area contributed by atoms with Crippen LogP contribution in [0.1, 0.15) is 40.4 Å². The highest BCUT2D eigenvalue weighted by molar-refractivity contribution is 7.99. The van der Waals surface area contributed by atoms with Crippen LogP contribution in [0.2, 0.25) is 0 Å². The smallest absolute Gasteiger partial charge is 0.208 e. The first kappa shape index (κ1) is 14.5. The highest BCUT2D eigenvalue weighted by Crippen LogP contribution is 2.25. The Hall–Kier alpha value is -0.550. The number of thioether (sulfide) groups is 1. The van der Waals surface area contributed by atoms with Crippen LogP contribution in [0, 0.1) is 12.8 Å². The van der Waals surface area contributed by atoms with E-state index in [-0.39, 0.29) is 5.54 Å². The average Bonchev–Trinajstić information content (AvgIpc) is 2.56. The van der Waals surface area contributed by atoms with Crippen molar-refractivity contribution in [3.63, 3.8) is 0 Å². The molecular weight excluding hydrogens is 232 g/mol. The summed E-state index contributed by atoms with van der Waals surface area (Å²) in [6.45, 7) is 13.9. The van der Waals surface area contributed by atoms with E-state index in [1.165, 1.54) is 0 Å². The van der Waals surface area contributed by atoms with Gasteiger partial charge in [-0.3, -0.25) is 5.10 Å². The van der Waals surface area contributed by atoms with E-state index in [2.05, 4.69) is 55.1 Å². The van der Waals surface area contributed by atoms with Crippen molar-refractivity contribution in [1.29, 1.82) is 0 Å². The van der Waals surface area contributed by atoms with Crippen molar-refractivity contribution < 1.29 is 0 Å². The molecule has 1 rings (SSSR count). The lowest BCUT2D eigenvalue weighted by molar-refractivity contribution is 0.407. The van der Waals surface area contributed by atoms with Crippen LogP contribution < -0.4 is 5.32 Å². The van der Waals surface area contributed by atoms with E-state index in [4.69, 9.17) is 0 Å². The summed E-state index contributed by atoms with van der Waals surface area (Å²) in [4.78, 5) is 4.35. The van der Waals surface area contributed by atoms with Gasteiger partial charge in [-0.25, -0.2) is 4.98 Å². The van der Waals surface area contributed by atoms with Crippen molar-refractivity contribution >= 4 is 11.8 Å². The molecule has 1 unspecified atom stereocenters. The first-order valence-corrected chi connectivity index (χ1v) is 6.96. The Morgan fingerprint density at radius 3 is 2.41 bits per heavy atom. The van der Waals surface area contributed by atoms with Gasteiger partial charge in [0, 0.05) is 17.3 Å². The fraction of sp³-hybridized carbons (Fsp3) is 0.833. The van der Waals surface area contributed by atoms with Crippen LogP contribution >= 0.6 is 11.8 Å². The third kappa shape index (κ3) is 5.55. The molecule has 0 radical (unpaired) electrons. The number of aryl methyl sites for hydroxylation is 1. The Bertz CT molecular complexity index is 341. The standard InChI is InChI=1S/C12H24N4S/c1-8(2)10(7-13-12(4,5)6)17-11-14-9(3)15-16-11/h8,10,13H,7H2,1-6H3,(H,14,15,16). The third-order valence-corrected chi connectivity index (χ3v) is 3.82. The fourth-order valence-electron chi connectivity index (χ4n) is 1.33. The van der Waals surface area contributed by atoms with Gasteiger partial charge in [0.05, 0.1) is 0 Å². The monoisotopic (exact) mass is 256 g/mol. The van der Waals surface area contributed by atoms with Crippen molar-refractivity contribution in [1.82, 2.24) is 20.5 Å². The number of nitrogens with one attached hydrogen (secondary N) is 2. The number of hydrogen-bond acceptors (Lipinski definition) is 4. The maximum atomic E-state index is 4.35. The number of rotatable bonds is 5. The van der Waals surface area contributed by atoms with Gasteiger partial charge < -0.3 is 5.32 Å². The van der Waals surface area contributed by atoms with Gasteiger partial charge in [-0.2, -0.15) is 0 Å². The lowest BCUT2D eigenvalue weighted by Gasteiger charge is -2.26. The molecule has 0 aliphatic heterocycles. The zero-order chi connectivity index (χ0) is 13.1. The van der Waals surface area contributed by atoms with E-state index in [1.54, 1.807) is 11.8 Å². The molecule has 0 fully saturated rings. The molecule has 0 aliphatic rings. The van der Waals surface area contributed by atoms with Gasteiger partial charge in [-0.1, -0.05) is 25.6 Å². The molecule has 0 amide bonds. The molecule has 1 atom stereocenters. The predicted molar refractivity (Wildman–Crippen MR) is 73.4 cm³/mol. The minimum Gasteiger partial charge on any atom is -0.311 e. The first-order chi connectivity index (χ1) is 7.78. The second kappa shape index (κ2) is 5.87. The average molecular weight is 256 g/mol. The lowest BCUT2D eigenvalue weighted by Crippen LogP contribution is -2.41. The lowest BCUT2D eigenvalue weighted by atomic mass is 10.1. The van der Waals surface area contributed by atoms with Gasteiger partial charge in [0.2, 0.25) is 5.16 Å². The van der Waals surface area contributed by atoms with Crippen LogP contribution in [0.15, 0.2) is 5.16 Å². The summed E-state index contributed by atoms with van der Waals surface area (Å²) in [5, 5.41) is 11.9. The summed E-state index contributed by atoms with van der Waals surface area (Å²) in [5.74, 6) is 1.47. The molecule has 0 aliphatic carbocycles. The second-order valence-corrected chi connectivity index (χ2v) is 6.94. The molecule has 0 aromatic carbocycles. The Balaban J connectivity index is 2.55. The van der Waals surface area contributed by atoms with E-state index in [9.17, 15) is 0 Å². The topological polar surface area (TPSA) is 53.6 Å². The molecule has 1 aromatic heterocycles. The molecule has 17 heavy (non-hydrogen) atoms. The molecule has 1 aromatic rings. The summed E-state index contributed by atoms with van der Waals surface area (Å²) >= 11 is 1.74. The van der Waals surface area contributed by atoms with E-state index in [1.807, 2.05) is 6.92 Å². The van der Waals surface area contributed by atoms with Crippen molar-refractivity contribution in [2.45, 2.75) is 57.5 Å². The van der Waals surface area contributed by atoms with Crippen LogP contribution in [0.5, 0.6) is 0 Å². The van der Waals surface area contributed by atoms with Gasteiger partial charge in [0.25, 0.3) is 0 Å². The molecule has 1 heterocycles. The molecule has 4 nitrogen and oxygen atoms in total. The number of nitrogens with zero attached hydrogens (tertiary/aromatic N) is 2. The van der Waals surface area contributed by atoms with E-state index in [0.717, 1.165) is 17.5 Å². The molecular formula is C12H24N4S. The predicted octanol–water partition coefficient (Wildman–Crippen LogP) is 2.62. The van der Waals surface area contributed by atoms with Crippen LogP contribution in [-0.2, 0) is 0 Å². The van der Waals surface area contributed by atoms with Crippen molar-refractivity contribution in [2.75, 3.05) is 6.54 Å². The normalized spacial score (nSPS) is 14.3. The molecule has 5 heteroatoms. The summed E-state index contributed by atoms with van der Waals surface area (Å²) < 4.78 is 0. The summed E-state index contributed by atoms with van der Waals surface area (Å²) in [6.07, 6.45) is 0. The van der Waals surface area contributed by atoms with Crippen LogP contribution in [0.3, 0.4) is 0 Å². The zero-order valence-electron chi connectivity index (χ0n) is 11.7. The molecule has 0 saturated heterocycles. The quantitative estimate of drug-likeness (QED) is 0.795. The number of aromatic amines is 1. The zero-order valence-corrected chi connectivity index (χ0v) is 12.5. The van der Waals surface area contributed by atoms with Gasteiger partial charge in [-0.05, 0) is 33.6 Å². The highest BCUT2D eigenvalue weighted by atomic mass is 32.2. The largest absolute Gasteiger partial charge is 0.311 e. The van der Waals surface area contributed by atoms with Crippen LogP contribution in [0.4, 0.5) is 0 Å². The van der Waals surface area contributed by atoms with Crippen LogP contribution in [0.25, 0.3) is 0 Å². The van der Waals surface area contributed by atoms with E-state index in [0.29, 0.717) is 11.2 Å². The summed E-state index contributed by atoms with van der Waals surface area (Å²) in [7, 11) is 0. The van der Waals surface area contributed by atoms with Gasteiger partial charge in [0.15, 0.2) is 0 Å². The molecule has 98 valence electrons. The molecule has 2 N–H and O–H groups in total. The van der Waals surface area contributed by atoms with Crippen molar-refractivity contribution in [3.05, 3.63) is 5.82 Å². The third-order valence-electron chi connectivity index (χ3n) is 2.41. The SMILES string of the molecule is Cc1nc(SC(CNC(C)(C)C)C(C)C)n[nH]1. The first-order valence-electron chi connectivity index (χ1n) is 6.08. The Morgan fingerprint density at radius 1 is 1.35 bits per heavy atom. The maximum Gasteiger partial charge on any atom is 0.208 e. The van der Waals surface area contributed by atoms with Crippen LogP contribution in [-0.4, -0.2) is 32.5 Å². The van der Waals surface area contributed by atoms with Gasteiger partial charge in [0.1, 0.15) is 5.82 Å². The van der Waals surface area contributed by atoms with Gasteiger partial charge >= 0.3 is 0 Å². The second-order valence-electron chi connectivity index (χ2n) is 5.73. The fourth-order valence-corrected chi connectivity index (χ4v) is 2.33.